The summed E-state index contributed by atoms with van der Waals surface area (Å²) in [7, 11) is 0. The zero-order valence-electron chi connectivity index (χ0n) is 14.6. The standard InChI is InChI=1S/C19H19N5O2/c1-13-8-9-16(10-14(13)2)23-19-17(24(25)26)18(21-12-22-19)20-11-15-6-4-3-5-7-15/h3-10,12H,11H2,1-2H3,(H2,20,21,22,23). The van der Waals surface area contributed by atoms with E-state index in [4.69, 9.17) is 0 Å². The predicted molar refractivity (Wildman–Crippen MR) is 102 cm³/mol. The number of rotatable bonds is 6. The van der Waals surface area contributed by atoms with Crippen LogP contribution in [0.15, 0.2) is 54.9 Å². The summed E-state index contributed by atoms with van der Waals surface area (Å²) in [4.78, 5) is 19.2. The van der Waals surface area contributed by atoms with E-state index in [9.17, 15) is 10.1 Å². The fraction of sp³-hybridized carbons (Fsp3) is 0.158. The number of hydrogen-bond acceptors (Lipinski definition) is 6. The van der Waals surface area contributed by atoms with Crippen LogP contribution < -0.4 is 10.6 Å². The van der Waals surface area contributed by atoms with Crippen LogP contribution in [0.3, 0.4) is 0 Å². The van der Waals surface area contributed by atoms with Gasteiger partial charge >= 0.3 is 5.69 Å². The number of benzene rings is 2. The van der Waals surface area contributed by atoms with Crippen molar-refractivity contribution in [2.75, 3.05) is 10.6 Å². The minimum Gasteiger partial charge on any atom is -0.360 e. The molecule has 0 spiro atoms. The third-order valence-corrected chi connectivity index (χ3v) is 4.08. The van der Waals surface area contributed by atoms with E-state index in [0.29, 0.717) is 6.54 Å². The van der Waals surface area contributed by atoms with Crippen molar-refractivity contribution in [3.63, 3.8) is 0 Å². The monoisotopic (exact) mass is 349 g/mol. The molecule has 26 heavy (non-hydrogen) atoms. The van der Waals surface area contributed by atoms with Gasteiger partial charge in [0.25, 0.3) is 0 Å². The highest BCUT2D eigenvalue weighted by Gasteiger charge is 2.23. The smallest absolute Gasteiger partial charge is 0.353 e. The first-order valence-corrected chi connectivity index (χ1v) is 8.16. The van der Waals surface area contributed by atoms with E-state index in [1.807, 2.05) is 62.4 Å². The molecule has 0 saturated heterocycles. The Labute approximate surface area is 151 Å². The zero-order chi connectivity index (χ0) is 18.5. The molecule has 0 fully saturated rings. The Morgan fingerprint density at radius 2 is 1.73 bits per heavy atom. The van der Waals surface area contributed by atoms with Gasteiger partial charge in [0.15, 0.2) is 0 Å². The molecule has 3 rings (SSSR count). The highest BCUT2D eigenvalue weighted by molar-refractivity contribution is 5.74. The molecule has 0 atom stereocenters. The van der Waals surface area contributed by atoms with E-state index in [-0.39, 0.29) is 17.3 Å². The average molecular weight is 349 g/mol. The number of aromatic nitrogens is 2. The van der Waals surface area contributed by atoms with Crippen LogP contribution in [0, 0.1) is 24.0 Å². The Morgan fingerprint density at radius 1 is 1.00 bits per heavy atom. The number of nitrogens with one attached hydrogen (secondary N) is 2. The summed E-state index contributed by atoms with van der Waals surface area (Å²) in [5.41, 5.74) is 3.81. The van der Waals surface area contributed by atoms with Crippen molar-refractivity contribution >= 4 is 23.0 Å². The third-order valence-electron chi connectivity index (χ3n) is 4.08. The van der Waals surface area contributed by atoms with Crippen molar-refractivity contribution < 1.29 is 4.92 Å². The number of nitrogens with zero attached hydrogens (tertiary/aromatic N) is 3. The Kier molecular flexibility index (Phi) is 5.07. The maximum atomic E-state index is 11.6. The number of nitro groups is 1. The minimum atomic E-state index is -0.475. The van der Waals surface area contributed by atoms with E-state index in [2.05, 4.69) is 20.6 Å². The second kappa shape index (κ2) is 7.60. The van der Waals surface area contributed by atoms with Crippen molar-refractivity contribution in [3.05, 3.63) is 81.7 Å². The van der Waals surface area contributed by atoms with Gasteiger partial charge < -0.3 is 10.6 Å². The van der Waals surface area contributed by atoms with Crippen LogP contribution in [0.25, 0.3) is 0 Å². The molecule has 3 aromatic rings. The van der Waals surface area contributed by atoms with Gasteiger partial charge in [-0.3, -0.25) is 10.1 Å². The van der Waals surface area contributed by atoms with Crippen LogP contribution in [0.2, 0.25) is 0 Å². The van der Waals surface area contributed by atoms with Gasteiger partial charge in [-0.1, -0.05) is 36.4 Å². The summed E-state index contributed by atoms with van der Waals surface area (Å²) >= 11 is 0. The lowest BCUT2D eigenvalue weighted by Crippen LogP contribution is -2.08. The molecule has 2 N–H and O–H groups in total. The maximum Gasteiger partial charge on any atom is 0.353 e. The molecule has 0 radical (unpaired) electrons. The molecule has 2 aromatic carbocycles. The Morgan fingerprint density at radius 3 is 2.42 bits per heavy atom. The largest absolute Gasteiger partial charge is 0.360 e. The first kappa shape index (κ1) is 17.3. The van der Waals surface area contributed by atoms with Crippen LogP contribution >= 0.6 is 0 Å². The van der Waals surface area contributed by atoms with Crippen LogP contribution in [0.5, 0.6) is 0 Å². The summed E-state index contributed by atoms with van der Waals surface area (Å²) in [6.45, 7) is 4.43. The van der Waals surface area contributed by atoms with Gasteiger partial charge in [0.1, 0.15) is 6.33 Å². The molecule has 0 bridgehead atoms. The fourth-order valence-corrected chi connectivity index (χ4v) is 2.51. The molecule has 0 unspecified atom stereocenters. The summed E-state index contributed by atoms with van der Waals surface area (Å²) in [6.07, 6.45) is 1.31. The molecule has 7 heteroatoms. The van der Waals surface area contributed by atoms with E-state index in [1.165, 1.54) is 6.33 Å². The molecule has 1 aromatic heterocycles. The lowest BCUT2D eigenvalue weighted by Gasteiger charge is -2.11. The van der Waals surface area contributed by atoms with E-state index < -0.39 is 4.92 Å². The van der Waals surface area contributed by atoms with Crippen molar-refractivity contribution in [2.45, 2.75) is 20.4 Å². The summed E-state index contributed by atoms with van der Waals surface area (Å²) in [5, 5.41) is 17.7. The first-order chi connectivity index (χ1) is 12.5. The van der Waals surface area contributed by atoms with E-state index >= 15 is 0 Å². The molecule has 0 aliphatic carbocycles. The molecular formula is C19H19N5O2. The Hall–Kier alpha value is -3.48. The van der Waals surface area contributed by atoms with Gasteiger partial charge in [-0.05, 0) is 42.7 Å². The summed E-state index contributed by atoms with van der Waals surface area (Å²) in [6, 6.07) is 15.4. The van der Waals surface area contributed by atoms with Crippen LogP contribution in [-0.4, -0.2) is 14.9 Å². The molecule has 1 heterocycles. The van der Waals surface area contributed by atoms with Crippen molar-refractivity contribution in [2.24, 2.45) is 0 Å². The second-order valence-corrected chi connectivity index (χ2v) is 5.94. The number of aryl methyl sites for hydroxylation is 2. The van der Waals surface area contributed by atoms with Crippen LogP contribution in [-0.2, 0) is 6.54 Å². The highest BCUT2D eigenvalue weighted by Crippen LogP contribution is 2.31. The van der Waals surface area contributed by atoms with Crippen molar-refractivity contribution in [3.8, 4) is 0 Å². The van der Waals surface area contributed by atoms with Gasteiger partial charge in [0, 0.05) is 12.2 Å². The molecule has 132 valence electrons. The highest BCUT2D eigenvalue weighted by atomic mass is 16.6. The Bertz CT molecular complexity index is 928. The minimum absolute atomic E-state index is 0.156. The first-order valence-electron chi connectivity index (χ1n) is 8.16. The quantitative estimate of drug-likeness (QED) is 0.507. The van der Waals surface area contributed by atoms with Gasteiger partial charge in [0.2, 0.25) is 11.6 Å². The predicted octanol–water partition coefficient (Wildman–Crippen LogP) is 4.36. The summed E-state index contributed by atoms with van der Waals surface area (Å²) in [5.74, 6) is 0.337. The van der Waals surface area contributed by atoms with Gasteiger partial charge in [-0.25, -0.2) is 9.97 Å². The summed E-state index contributed by atoms with van der Waals surface area (Å²) < 4.78 is 0. The lowest BCUT2D eigenvalue weighted by molar-refractivity contribution is -0.383. The van der Waals surface area contributed by atoms with Gasteiger partial charge in [-0.15, -0.1) is 0 Å². The van der Waals surface area contributed by atoms with Crippen LogP contribution in [0.1, 0.15) is 16.7 Å². The zero-order valence-corrected chi connectivity index (χ0v) is 14.6. The van der Waals surface area contributed by atoms with E-state index in [0.717, 1.165) is 22.4 Å². The van der Waals surface area contributed by atoms with Crippen molar-refractivity contribution in [1.29, 1.82) is 0 Å². The van der Waals surface area contributed by atoms with Crippen LogP contribution in [0.4, 0.5) is 23.0 Å². The topological polar surface area (TPSA) is 93.0 Å². The SMILES string of the molecule is Cc1ccc(Nc2ncnc(NCc3ccccc3)c2[N+](=O)[O-])cc1C. The second-order valence-electron chi connectivity index (χ2n) is 5.94. The molecule has 0 amide bonds. The van der Waals surface area contributed by atoms with Gasteiger partial charge in [-0.2, -0.15) is 0 Å². The molecule has 0 aliphatic rings. The average Bonchev–Trinajstić information content (AvgIpc) is 2.64. The Balaban J connectivity index is 1.88. The molecule has 0 saturated carbocycles. The number of hydrogen-bond donors (Lipinski definition) is 2. The van der Waals surface area contributed by atoms with Crippen molar-refractivity contribution in [1.82, 2.24) is 9.97 Å². The van der Waals surface area contributed by atoms with Gasteiger partial charge in [0.05, 0.1) is 4.92 Å². The number of anilines is 3. The third kappa shape index (κ3) is 3.94. The fourth-order valence-electron chi connectivity index (χ4n) is 2.51. The lowest BCUT2D eigenvalue weighted by atomic mass is 10.1. The maximum absolute atomic E-state index is 11.6. The molecular weight excluding hydrogens is 330 g/mol. The normalized spacial score (nSPS) is 10.4. The molecule has 0 aliphatic heterocycles. The molecule has 7 nitrogen and oxygen atoms in total. The van der Waals surface area contributed by atoms with E-state index in [1.54, 1.807) is 0 Å².